The van der Waals surface area contributed by atoms with Gasteiger partial charge in [-0.2, -0.15) is 5.10 Å². The van der Waals surface area contributed by atoms with E-state index < -0.39 is 0 Å². The van der Waals surface area contributed by atoms with Crippen molar-refractivity contribution in [3.05, 3.63) is 66.0 Å². The molecule has 1 atom stereocenters. The molecule has 4 aromatic heterocycles. The van der Waals surface area contributed by atoms with Crippen LogP contribution in [0.15, 0.2) is 43.1 Å². The standard InChI is InChI=1S/C17H15FN8/c18-10-2-1-4-26-13(10)6-12(24-26)17-16-11(21-9-22-16)3-5-25(17)15-8-20-7-14(19)23-15/h1-2,4,6-9,17H,3,5H2,(H2,19,23)(H,21,22)/t17-/m0/s1. The third-order valence-corrected chi connectivity index (χ3v) is 4.61. The number of imidazole rings is 1. The second kappa shape index (κ2) is 5.51. The Labute approximate surface area is 147 Å². The van der Waals surface area contributed by atoms with Crippen LogP contribution in [-0.2, 0) is 6.42 Å². The van der Waals surface area contributed by atoms with Crippen LogP contribution in [0.4, 0.5) is 16.0 Å². The summed E-state index contributed by atoms with van der Waals surface area (Å²) in [4.78, 5) is 18.3. The molecule has 0 amide bonds. The number of rotatable bonds is 2. The summed E-state index contributed by atoms with van der Waals surface area (Å²) >= 11 is 0. The number of nitrogen functional groups attached to an aromatic ring is 1. The molecule has 0 unspecified atom stereocenters. The summed E-state index contributed by atoms with van der Waals surface area (Å²) in [6.07, 6.45) is 7.34. The molecule has 1 aliphatic rings. The number of nitrogens with zero attached hydrogens (tertiary/aromatic N) is 6. The number of anilines is 2. The number of halogens is 1. The van der Waals surface area contributed by atoms with Gasteiger partial charge in [0.2, 0.25) is 0 Å². The molecular formula is C17H15FN8. The Kier molecular flexibility index (Phi) is 3.14. The molecule has 0 spiro atoms. The summed E-state index contributed by atoms with van der Waals surface area (Å²) in [5.74, 6) is 0.663. The van der Waals surface area contributed by atoms with Crippen LogP contribution in [0.3, 0.4) is 0 Å². The molecular weight excluding hydrogens is 335 g/mol. The topological polar surface area (TPSA) is 101 Å². The lowest BCUT2D eigenvalue weighted by Gasteiger charge is -2.34. The van der Waals surface area contributed by atoms with Gasteiger partial charge in [0.15, 0.2) is 0 Å². The Balaban J connectivity index is 1.69. The second-order valence-corrected chi connectivity index (χ2v) is 6.17. The number of H-pyrrole nitrogens is 1. The van der Waals surface area contributed by atoms with Gasteiger partial charge in [-0.05, 0) is 18.2 Å². The molecule has 0 aromatic carbocycles. The predicted octanol–water partition coefficient (Wildman–Crippen LogP) is 1.72. The highest BCUT2D eigenvalue weighted by molar-refractivity contribution is 5.54. The average molecular weight is 350 g/mol. The SMILES string of the molecule is Nc1cncc(N2CCc3[nH]cnc3[C@@H]2c2cc3c(F)cccn3n2)n1. The second-order valence-electron chi connectivity index (χ2n) is 6.17. The number of fused-ring (bicyclic) bond motifs is 2. The number of nitrogens with two attached hydrogens (primary N) is 1. The predicted molar refractivity (Wildman–Crippen MR) is 93.1 cm³/mol. The lowest BCUT2D eigenvalue weighted by atomic mass is 10.00. The molecule has 0 aliphatic carbocycles. The van der Waals surface area contributed by atoms with Crippen LogP contribution in [0, 0.1) is 5.82 Å². The highest BCUT2D eigenvalue weighted by Gasteiger charge is 2.34. The van der Waals surface area contributed by atoms with E-state index in [9.17, 15) is 4.39 Å². The Bertz CT molecular complexity index is 1100. The summed E-state index contributed by atoms with van der Waals surface area (Å²) in [5, 5.41) is 4.58. The average Bonchev–Trinajstić information content (AvgIpc) is 3.28. The summed E-state index contributed by atoms with van der Waals surface area (Å²) in [5.41, 5.74) is 8.81. The van der Waals surface area contributed by atoms with E-state index in [-0.39, 0.29) is 11.9 Å². The Morgan fingerprint density at radius 2 is 2.23 bits per heavy atom. The molecule has 0 saturated heterocycles. The first kappa shape index (κ1) is 14.8. The molecule has 3 N–H and O–H groups in total. The van der Waals surface area contributed by atoms with Gasteiger partial charge in [-0.25, -0.2) is 18.9 Å². The van der Waals surface area contributed by atoms with Crippen LogP contribution in [-0.4, -0.2) is 36.1 Å². The minimum atomic E-state index is -0.320. The summed E-state index contributed by atoms with van der Waals surface area (Å²) < 4.78 is 15.7. The quantitative estimate of drug-likeness (QED) is 0.571. The Hall–Kier alpha value is -3.49. The minimum Gasteiger partial charge on any atom is -0.382 e. The molecule has 9 heteroatoms. The first-order valence-corrected chi connectivity index (χ1v) is 8.21. The molecule has 0 radical (unpaired) electrons. The van der Waals surface area contributed by atoms with Crippen molar-refractivity contribution < 1.29 is 4.39 Å². The van der Waals surface area contributed by atoms with Crippen molar-refractivity contribution in [3.8, 4) is 0 Å². The number of nitrogens with one attached hydrogen (secondary N) is 1. The van der Waals surface area contributed by atoms with E-state index in [1.807, 2.05) is 4.90 Å². The molecule has 0 fully saturated rings. The van der Waals surface area contributed by atoms with Crippen LogP contribution in [0.25, 0.3) is 5.52 Å². The molecule has 1 aliphatic heterocycles. The first-order valence-electron chi connectivity index (χ1n) is 8.21. The van der Waals surface area contributed by atoms with Crippen molar-refractivity contribution in [1.82, 2.24) is 29.5 Å². The van der Waals surface area contributed by atoms with Crippen molar-refractivity contribution in [2.75, 3.05) is 17.2 Å². The fourth-order valence-corrected chi connectivity index (χ4v) is 3.47. The van der Waals surface area contributed by atoms with E-state index >= 15 is 0 Å². The zero-order valence-electron chi connectivity index (χ0n) is 13.7. The monoisotopic (exact) mass is 350 g/mol. The fourth-order valence-electron chi connectivity index (χ4n) is 3.47. The lowest BCUT2D eigenvalue weighted by Crippen LogP contribution is -2.37. The number of aromatic nitrogens is 6. The van der Waals surface area contributed by atoms with E-state index in [4.69, 9.17) is 5.73 Å². The van der Waals surface area contributed by atoms with Crippen LogP contribution in [0.5, 0.6) is 0 Å². The fraction of sp³-hybridized carbons (Fsp3) is 0.176. The number of hydrogen-bond donors (Lipinski definition) is 2. The van der Waals surface area contributed by atoms with E-state index in [0.717, 1.165) is 17.8 Å². The van der Waals surface area contributed by atoms with Crippen LogP contribution >= 0.6 is 0 Å². The highest BCUT2D eigenvalue weighted by Crippen LogP contribution is 2.36. The van der Waals surface area contributed by atoms with Gasteiger partial charge in [-0.1, -0.05) is 0 Å². The number of aromatic amines is 1. The van der Waals surface area contributed by atoms with Crippen molar-refractivity contribution in [2.24, 2.45) is 0 Å². The third kappa shape index (κ3) is 2.20. The van der Waals surface area contributed by atoms with Crippen molar-refractivity contribution in [1.29, 1.82) is 0 Å². The lowest BCUT2D eigenvalue weighted by molar-refractivity contribution is 0.608. The molecule has 26 heavy (non-hydrogen) atoms. The minimum absolute atomic E-state index is 0.305. The van der Waals surface area contributed by atoms with Gasteiger partial charge < -0.3 is 15.6 Å². The van der Waals surface area contributed by atoms with Gasteiger partial charge in [0.25, 0.3) is 0 Å². The summed E-state index contributed by atoms with van der Waals surface area (Å²) in [7, 11) is 0. The maximum absolute atomic E-state index is 14.1. The van der Waals surface area contributed by atoms with Crippen LogP contribution in [0.2, 0.25) is 0 Å². The Morgan fingerprint density at radius 3 is 3.08 bits per heavy atom. The van der Waals surface area contributed by atoms with E-state index in [0.29, 0.717) is 29.4 Å². The molecule has 0 bridgehead atoms. The molecule has 4 aromatic rings. The normalized spacial score (nSPS) is 16.8. The molecule has 130 valence electrons. The molecule has 5 heterocycles. The van der Waals surface area contributed by atoms with Gasteiger partial charge in [-0.15, -0.1) is 0 Å². The van der Waals surface area contributed by atoms with Crippen molar-refractivity contribution in [3.63, 3.8) is 0 Å². The van der Waals surface area contributed by atoms with E-state index in [1.54, 1.807) is 30.9 Å². The molecule has 0 saturated carbocycles. The zero-order valence-corrected chi connectivity index (χ0v) is 13.7. The highest BCUT2D eigenvalue weighted by atomic mass is 19.1. The zero-order chi connectivity index (χ0) is 17.7. The van der Waals surface area contributed by atoms with Crippen LogP contribution < -0.4 is 10.6 Å². The van der Waals surface area contributed by atoms with Crippen LogP contribution in [0.1, 0.15) is 23.1 Å². The van der Waals surface area contributed by atoms with Gasteiger partial charge in [0.05, 0.1) is 30.1 Å². The molecule has 8 nitrogen and oxygen atoms in total. The number of hydrogen-bond acceptors (Lipinski definition) is 6. The van der Waals surface area contributed by atoms with Gasteiger partial charge >= 0.3 is 0 Å². The van der Waals surface area contributed by atoms with Gasteiger partial charge in [0.1, 0.15) is 29.0 Å². The number of pyridine rings is 1. The van der Waals surface area contributed by atoms with E-state index in [1.165, 1.54) is 16.8 Å². The van der Waals surface area contributed by atoms with Crippen molar-refractivity contribution >= 4 is 17.2 Å². The van der Waals surface area contributed by atoms with Gasteiger partial charge in [-0.3, -0.25) is 4.98 Å². The maximum Gasteiger partial charge on any atom is 0.150 e. The first-order chi connectivity index (χ1) is 12.7. The molecule has 5 rings (SSSR count). The maximum atomic E-state index is 14.1. The Morgan fingerprint density at radius 1 is 1.31 bits per heavy atom. The van der Waals surface area contributed by atoms with E-state index in [2.05, 4.69) is 25.0 Å². The summed E-state index contributed by atoms with van der Waals surface area (Å²) in [6, 6.07) is 4.49. The largest absolute Gasteiger partial charge is 0.382 e. The van der Waals surface area contributed by atoms with Crippen molar-refractivity contribution in [2.45, 2.75) is 12.5 Å². The van der Waals surface area contributed by atoms with Gasteiger partial charge in [0, 0.05) is 24.9 Å². The summed E-state index contributed by atoms with van der Waals surface area (Å²) in [6.45, 7) is 0.689. The third-order valence-electron chi connectivity index (χ3n) is 4.61. The smallest absolute Gasteiger partial charge is 0.150 e.